The van der Waals surface area contributed by atoms with Crippen LogP contribution in [0.2, 0.25) is 5.02 Å². The first-order valence-electron chi connectivity index (χ1n) is 10.2. The molecule has 3 atom stereocenters. The number of halogens is 1. The maximum absolute atomic E-state index is 13.5. The van der Waals surface area contributed by atoms with Crippen molar-refractivity contribution in [1.29, 1.82) is 0 Å². The minimum Gasteiger partial charge on any atom is -0.378 e. The van der Waals surface area contributed by atoms with Crippen LogP contribution in [0, 0.1) is 5.92 Å². The molecule has 0 aromatic heterocycles. The Morgan fingerprint density at radius 3 is 2.33 bits per heavy atom. The van der Waals surface area contributed by atoms with E-state index in [4.69, 9.17) is 11.6 Å². The highest BCUT2D eigenvalue weighted by Crippen LogP contribution is 2.52. The van der Waals surface area contributed by atoms with Gasteiger partial charge in [0.15, 0.2) is 11.6 Å². The molecule has 1 N–H and O–H groups in total. The zero-order valence-electron chi connectivity index (χ0n) is 16.1. The molecule has 1 heterocycles. The average molecular weight is 412 g/mol. The molecule has 0 spiro atoms. The van der Waals surface area contributed by atoms with Crippen molar-refractivity contribution in [1.82, 2.24) is 0 Å². The highest BCUT2D eigenvalue weighted by molar-refractivity contribution is 6.30. The minimum absolute atomic E-state index is 0.0529. The summed E-state index contributed by atoms with van der Waals surface area (Å²) in [4.78, 5) is 26.6. The summed E-state index contributed by atoms with van der Waals surface area (Å²) in [5, 5.41) is 4.38. The Bertz CT molecular complexity index is 1260. The number of benzene rings is 3. The number of nitrogens with one attached hydrogen (secondary N) is 1. The second-order valence-corrected chi connectivity index (χ2v) is 8.62. The number of allylic oxidation sites excluding steroid dienone is 2. The molecule has 0 unspecified atom stereocenters. The molecule has 3 aliphatic rings. The lowest BCUT2D eigenvalue weighted by Gasteiger charge is -2.39. The number of hydrogen-bond donors (Lipinski definition) is 1. The van der Waals surface area contributed by atoms with Crippen molar-refractivity contribution in [3.8, 4) is 0 Å². The predicted molar refractivity (Wildman–Crippen MR) is 118 cm³/mol. The van der Waals surface area contributed by atoms with Crippen LogP contribution in [0.5, 0.6) is 0 Å². The molecule has 0 saturated heterocycles. The van der Waals surface area contributed by atoms with Gasteiger partial charge in [-0.25, -0.2) is 0 Å². The van der Waals surface area contributed by atoms with Crippen molar-refractivity contribution in [2.45, 2.75) is 18.4 Å². The fourth-order valence-corrected chi connectivity index (χ4v) is 5.41. The predicted octanol–water partition coefficient (Wildman–Crippen LogP) is 5.94. The number of anilines is 1. The fourth-order valence-electron chi connectivity index (χ4n) is 5.28. The largest absolute Gasteiger partial charge is 0.378 e. The number of carbonyl (C=O) groups excluding carboxylic acids is 2. The van der Waals surface area contributed by atoms with Crippen molar-refractivity contribution in [2.24, 2.45) is 5.92 Å². The van der Waals surface area contributed by atoms with Crippen LogP contribution >= 0.6 is 11.6 Å². The van der Waals surface area contributed by atoms with Gasteiger partial charge in [0.05, 0.1) is 6.04 Å². The van der Waals surface area contributed by atoms with E-state index < -0.39 is 0 Å². The van der Waals surface area contributed by atoms with Crippen LogP contribution in [0.4, 0.5) is 5.69 Å². The highest BCUT2D eigenvalue weighted by atomic mass is 35.5. The molecule has 3 aromatic carbocycles. The summed E-state index contributed by atoms with van der Waals surface area (Å²) in [5.74, 6) is 0.258. The third-order valence-corrected chi connectivity index (χ3v) is 6.90. The van der Waals surface area contributed by atoms with Gasteiger partial charge in [0.25, 0.3) is 0 Å². The zero-order chi connectivity index (χ0) is 20.4. The third-order valence-electron chi connectivity index (χ3n) is 6.65. The van der Waals surface area contributed by atoms with Crippen LogP contribution < -0.4 is 5.32 Å². The van der Waals surface area contributed by atoms with Crippen LogP contribution in [0.1, 0.15) is 61.4 Å². The molecule has 2 aliphatic carbocycles. The van der Waals surface area contributed by atoms with Gasteiger partial charge >= 0.3 is 0 Å². The lowest BCUT2D eigenvalue weighted by Crippen LogP contribution is -2.32. The van der Waals surface area contributed by atoms with Crippen molar-refractivity contribution < 1.29 is 9.59 Å². The van der Waals surface area contributed by atoms with Gasteiger partial charge in [0.2, 0.25) is 0 Å². The Balaban J connectivity index is 1.53. The molecule has 0 saturated carbocycles. The second-order valence-electron chi connectivity index (χ2n) is 8.18. The molecular weight excluding hydrogens is 394 g/mol. The van der Waals surface area contributed by atoms with Crippen LogP contribution in [-0.4, -0.2) is 11.6 Å². The van der Waals surface area contributed by atoms with E-state index in [1.807, 2.05) is 24.3 Å². The van der Waals surface area contributed by atoms with Crippen molar-refractivity contribution in [2.75, 3.05) is 5.32 Å². The van der Waals surface area contributed by atoms with E-state index in [2.05, 4.69) is 29.6 Å². The number of hydrogen-bond acceptors (Lipinski definition) is 3. The van der Waals surface area contributed by atoms with Crippen molar-refractivity contribution in [3.63, 3.8) is 0 Å². The van der Waals surface area contributed by atoms with Gasteiger partial charge in [-0.2, -0.15) is 0 Å². The molecule has 0 fully saturated rings. The zero-order valence-corrected chi connectivity index (χ0v) is 16.8. The SMILES string of the molecule is O=C1c2ccccc2C(=O)c2c1ccc1c2[C@@H]2C=CC[C@@H]2[C@H](c2ccc(Cl)cc2)N1. The van der Waals surface area contributed by atoms with Gasteiger partial charge in [-0.05, 0) is 47.7 Å². The minimum atomic E-state index is -0.0682. The normalized spacial score (nSPS) is 23.3. The smallest absolute Gasteiger partial charge is 0.194 e. The standard InChI is InChI=1S/C26H18ClNO2/c27-15-10-8-14(9-11-15)24-17-7-3-6-16(17)22-21(28-24)13-12-20-23(22)26(30)19-5-2-1-4-18(19)25(20)29/h1-6,8-13,16-17,24,28H,7H2/t16-,17+,24+/m1/s1. The van der Waals surface area contributed by atoms with E-state index in [0.29, 0.717) is 27.3 Å². The summed E-state index contributed by atoms with van der Waals surface area (Å²) < 4.78 is 0. The van der Waals surface area contributed by atoms with E-state index in [-0.39, 0.29) is 29.4 Å². The maximum atomic E-state index is 13.5. The van der Waals surface area contributed by atoms with E-state index in [1.165, 1.54) is 5.56 Å². The van der Waals surface area contributed by atoms with Crippen molar-refractivity contribution in [3.05, 3.63) is 111 Å². The van der Waals surface area contributed by atoms with Gasteiger partial charge in [-0.1, -0.05) is 60.2 Å². The second kappa shape index (κ2) is 6.41. The third kappa shape index (κ3) is 2.39. The maximum Gasteiger partial charge on any atom is 0.194 e. The summed E-state index contributed by atoms with van der Waals surface area (Å²) in [6.07, 6.45) is 5.32. The highest BCUT2D eigenvalue weighted by Gasteiger charge is 2.42. The Morgan fingerprint density at radius 2 is 1.57 bits per heavy atom. The molecule has 0 bridgehead atoms. The molecule has 0 amide bonds. The average Bonchev–Trinajstić information content (AvgIpc) is 3.27. The molecule has 4 heteroatoms. The molecule has 3 nitrogen and oxygen atoms in total. The van der Waals surface area contributed by atoms with E-state index in [0.717, 1.165) is 17.7 Å². The Labute approximate surface area is 179 Å². The molecule has 0 radical (unpaired) electrons. The van der Waals surface area contributed by atoms with Gasteiger partial charge in [0, 0.05) is 38.9 Å². The first-order chi connectivity index (χ1) is 14.6. The van der Waals surface area contributed by atoms with E-state index >= 15 is 0 Å². The molecule has 30 heavy (non-hydrogen) atoms. The Morgan fingerprint density at radius 1 is 0.833 bits per heavy atom. The van der Waals surface area contributed by atoms with Crippen molar-refractivity contribution >= 4 is 28.9 Å². The number of fused-ring (bicyclic) bond motifs is 6. The molecule has 6 rings (SSSR count). The lowest BCUT2D eigenvalue weighted by molar-refractivity contribution is 0.0978. The van der Waals surface area contributed by atoms with Crippen LogP contribution in [0.3, 0.4) is 0 Å². The Kier molecular flexibility index (Phi) is 3.78. The lowest BCUT2D eigenvalue weighted by atomic mass is 9.71. The topological polar surface area (TPSA) is 46.2 Å². The number of ketones is 2. The first kappa shape index (κ1) is 17.7. The Hall–Kier alpha value is -3.17. The van der Waals surface area contributed by atoms with Crippen LogP contribution in [-0.2, 0) is 0 Å². The monoisotopic (exact) mass is 411 g/mol. The molecular formula is C26H18ClNO2. The van der Waals surface area contributed by atoms with Crippen LogP contribution in [0.25, 0.3) is 0 Å². The molecule has 1 aliphatic heterocycles. The summed E-state index contributed by atoms with van der Waals surface area (Å²) in [5.41, 5.74) is 5.15. The first-order valence-corrected chi connectivity index (χ1v) is 10.6. The molecule has 146 valence electrons. The number of rotatable bonds is 1. The summed E-state index contributed by atoms with van der Waals surface area (Å²) in [7, 11) is 0. The van der Waals surface area contributed by atoms with Gasteiger partial charge in [-0.15, -0.1) is 0 Å². The quantitative estimate of drug-likeness (QED) is 0.394. The van der Waals surface area contributed by atoms with Gasteiger partial charge in [0.1, 0.15) is 0 Å². The van der Waals surface area contributed by atoms with Gasteiger partial charge < -0.3 is 5.32 Å². The van der Waals surface area contributed by atoms with E-state index in [1.54, 1.807) is 24.3 Å². The van der Waals surface area contributed by atoms with E-state index in [9.17, 15) is 9.59 Å². The summed E-state index contributed by atoms with van der Waals surface area (Å²) >= 11 is 6.09. The summed E-state index contributed by atoms with van der Waals surface area (Å²) in [6, 6.07) is 18.9. The number of carbonyl (C=O) groups is 2. The fraction of sp³-hybridized carbons (Fsp3) is 0.154. The molecule has 3 aromatic rings. The van der Waals surface area contributed by atoms with Crippen LogP contribution in [0.15, 0.2) is 72.8 Å². The summed E-state index contributed by atoms with van der Waals surface area (Å²) in [6.45, 7) is 0. The van der Waals surface area contributed by atoms with Gasteiger partial charge in [-0.3, -0.25) is 9.59 Å².